The van der Waals surface area contributed by atoms with Gasteiger partial charge in [-0.3, -0.25) is 0 Å². The Morgan fingerprint density at radius 1 is 1.12 bits per heavy atom. The number of hydrogen-bond acceptors (Lipinski definition) is 6. The predicted molar refractivity (Wildman–Crippen MR) is 87.9 cm³/mol. The third kappa shape index (κ3) is 3.10. The first-order chi connectivity index (χ1) is 12.2. The van der Waals surface area contributed by atoms with Gasteiger partial charge in [0.2, 0.25) is 5.88 Å². The van der Waals surface area contributed by atoms with Crippen LogP contribution in [0.4, 0.5) is 14.6 Å². The van der Waals surface area contributed by atoms with Crippen molar-refractivity contribution >= 4 is 11.5 Å². The summed E-state index contributed by atoms with van der Waals surface area (Å²) >= 11 is 0. The lowest BCUT2D eigenvalue weighted by Crippen LogP contribution is -2.44. The van der Waals surface area contributed by atoms with Crippen LogP contribution in [0.3, 0.4) is 0 Å². The Labute approximate surface area is 142 Å². The maximum Gasteiger partial charge on any atom is 0.388 e. The molecular formula is C16H16F2N6O. The number of anilines is 1. The van der Waals surface area contributed by atoms with Crippen LogP contribution >= 0.6 is 0 Å². The molecule has 0 radical (unpaired) electrons. The van der Waals surface area contributed by atoms with E-state index in [0.717, 1.165) is 32.0 Å². The standard InChI is InChI=1S/C16H16F2N6O/c17-16(18)25-15-11(2-1-5-20-15)12-10-21-13-3-4-14(22-24(12)13)23-8-6-19-7-9-23/h1-5,10,16,19H,6-9H2. The Morgan fingerprint density at radius 3 is 2.76 bits per heavy atom. The monoisotopic (exact) mass is 346 g/mol. The summed E-state index contributed by atoms with van der Waals surface area (Å²) < 4.78 is 31.5. The van der Waals surface area contributed by atoms with Gasteiger partial charge in [0.1, 0.15) is 5.82 Å². The molecule has 1 N–H and O–H groups in total. The molecule has 0 saturated carbocycles. The molecule has 7 nitrogen and oxygen atoms in total. The molecule has 3 aromatic rings. The molecule has 0 aliphatic carbocycles. The van der Waals surface area contributed by atoms with E-state index in [-0.39, 0.29) is 5.88 Å². The Hall–Kier alpha value is -2.81. The Kier molecular flexibility index (Phi) is 4.14. The number of imidazole rings is 1. The summed E-state index contributed by atoms with van der Waals surface area (Å²) in [5.74, 6) is 0.669. The van der Waals surface area contributed by atoms with Crippen LogP contribution in [0.15, 0.2) is 36.7 Å². The number of nitrogens with one attached hydrogen (secondary N) is 1. The quantitative estimate of drug-likeness (QED) is 0.777. The first kappa shape index (κ1) is 15.7. The normalized spacial score (nSPS) is 15.1. The second kappa shape index (κ2) is 6.60. The molecule has 1 aliphatic heterocycles. The van der Waals surface area contributed by atoms with E-state index in [2.05, 4.69) is 30.0 Å². The third-order valence-corrected chi connectivity index (χ3v) is 4.04. The third-order valence-electron chi connectivity index (χ3n) is 4.04. The first-order valence-corrected chi connectivity index (χ1v) is 7.93. The zero-order valence-electron chi connectivity index (χ0n) is 13.3. The van der Waals surface area contributed by atoms with Crippen molar-refractivity contribution < 1.29 is 13.5 Å². The van der Waals surface area contributed by atoms with E-state index in [0.29, 0.717) is 16.9 Å². The number of nitrogens with zero attached hydrogens (tertiary/aromatic N) is 5. The summed E-state index contributed by atoms with van der Waals surface area (Å²) in [5, 5.41) is 7.93. The van der Waals surface area contributed by atoms with Crippen molar-refractivity contribution in [2.24, 2.45) is 0 Å². The zero-order chi connectivity index (χ0) is 17.2. The molecule has 0 amide bonds. The van der Waals surface area contributed by atoms with E-state index in [1.165, 1.54) is 6.20 Å². The maximum atomic E-state index is 12.7. The summed E-state index contributed by atoms with van der Waals surface area (Å²) in [7, 11) is 0. The van der Waals surface area contributed by atoms with Gasteiger partial charge in [-0.05, 0) is 24.3 Å². The van der Waals surface area contributed by atoms with Gasteiger partial charge in [-0.1, -0.05) is 0 Å². The van der Waals surface area contributed by atoms with Gasteiger partial charge in [-0.2, -0.15) is 8.78 Å². The predicted octanol–water partition coefficient (Wildman–Crippen LogP) is 1.80. The number of pyridine rings is 1. The van der Waals surface area contributed by atoms with Crippen LogP contribution in [0, 0.1) is 0 Å². The van der Waals surface area contributed by atoms with Crippen LogP contribution in [0.2, 0.25) is 0 Å². The highest BCUT2D eigenvalue weighted by molar-refractivity contribution is 5.68. The molecule has 25 heavy (non-hydrogen) atoms. The fourth-order valence-corrected chi connectivity index (χ4v) is 2.87. The molecule has 0 aromatic carbocycles. The average Bonchev–Trinajstić information content (AvgIpc) is 3.05. The Morgan fingerprint density at radius 2 is 1.96 bits per heavy atom. The van der Waals surface area contributed by atoms with Gasteiger partial charge in [-0.25, -0.2) is 14.5 Å². The number of rotatable bonds is 4. The largest absolute Gasteiger partial charge is 0.416 e. The van der Waals surface area contributed by atoms with E-state index in [9.17, 15) is 8.78 Å². The average molecular weight is 346 g/mol. The molecule has 0 unspecified atom stereocenters. The fourth-order valence-electron chi connectivity index (χ4n) is 2.87. The van der Waals surface area contributed by atoms with Crippen molar-refractivity contribution in [3.05, 3.63) is 36.7 Å². The van der Waals surface area contributed by atoms with Crippen molar-refractivity contribution in [1.82, 2.24) is 24.9 Å². The molecule has 130 valence electrons. The molecule has 1 saturated heterocycles. The highest BCUT2D eigenvalue weighted by Gasteiger charge is 2.18. The van der Waals surface area contributed by atoms with Gasteiger partial charge < -0.3 is 15.0 Å². The molecule has 4 heterocycles. The number of halogens is 2. The molecule has 0 spiro atoms. The zero-order valence-corrected chi connectivity index (χ0v) is 13.3. The minimum absolute atomic E-state index is 0.145. The highest BCUT2D eigenvalue weighted by Crippen LogP contribution is 2.29. The topological polar surface area (TPSA) is 67.6 Å². The molecule has 0 bridgehead atoms. The molecule has 4 rings (SSSR count). The van der Waals surface area contributed by atoms with Gasteiger partial charge in [0.25, 0.3) is 0 Å². The molecule has 0 atom stereocenters. The van der Waals surface area contributed by atoms with Crippen molar-refractivity contribution in [2.75, 3.05) is 31.1 Å². The molecule has 3 aromatic heterocycles. The lowest BCUT2D eigenvalue weighted by Gasteiger charge is -2.28. The minimum Gasteiger partial charge on any atom is -0.416 e. The fraction of sp³-hybridized carbons (Fsp3) is 0.312. The highest BCUT2D eigenvalue weighted by atomic mass is 19.3. The van der Waals surface area contributed by atoms with E-state index in [1.54, 1.807) is 22.8 Å². The van der Waals surface area contributed by atoms with E-state index in [1.807, 2.05) is 12.1 Å². The van der Waals surface area contributed by atoms with Crippen LogP contribution in [0.5, 0.6) is 5.88 Å². The minimum atomic E-state index is -2.95. The van der Waals surface area contributed by atoms with Crippen molar-refractivity contribution in [1.29, 1.82) is 0 Å². The summed E-state index contributed by atoms with van der Waals surface area (Å²) in [6.07, 6.45) is 2.99. The van der Waals surface area contributed by atoms with Crippen LogP contribution in [0.25, 0.3) is 16.9 Å². The Bertz CT molecular complexity index is 878. The van der Waals surface area contributed by atoms with Gasteiger partial charge in [0, 0.05) is 32.4 Å². The second-order valence-electron chi connectivity index (χ2n) is 5.58. The van der Waals surface area contributed by atoms with Crippen LogP contribution in [-0.2, 0) is 0 Å². The van der Waals surface area contributed by atoms with Gasteiger partial charge in [-0.15, -0.1) is 5.10 Å². The summed E-state index contributed by atoms with van der Waals surface area (Å²) in [6, 6.07) is 7.09. The van der Waals surface area contributed by atoms with Crippen LogP contribution in [0.1, 0.15) is 0 Å². The van der Waals surface area contributed by atoms with Crippen molar-refractivity contribution in [2.45, 2.75) is 6.61 Å². The number of hydrogen-bond donors (Lipinski definition) is 1. The lowest BCUT2D eigenvalue weighted by molar-refractivity contribution is -0.0524. The number of ether oxygens (including phenoxy) is 1. The van der Waals surface area contributed by atoms with Crippen LogP contribution in [-0.4, -0.2) is 52.4 Å². The van der Waals surface area contributed by atoms with Crippen LogP contribution < -0.4 is 15.0 Å². The number of aromatic nitrogens is 4. The van der Waals surface area contributed by atoms with Gasteiger partial charge in [0.05, 0.1) is 17.5 Å². The SMILES string of the molecule is FC(F)Oc1ncccc1-c1cnc2ccc(N3CCNCC3)nn12. The van der Waals surface area contributed by atoms with Crippen molar-refractivity contribution in [3.8, 4) is 17.1 Å². The summed E-state index contributed by atoms with van der Waals surface area (Å²) in [6.45, 7) is 0.554. The van der Waals surface area contributed by atoms with E-state index < -0.39 is 6.61 Å². The van der Waals surface area contributed by atoms with E-state index >= 15 is 0 Å². The number of alkyl halides is 2. The Balaban J connectivity index is 1.78. The maximum absolute atomic E-state index is 12.7. The number of fused-ring (bicyclic) bond motifs is 1. The first-order valence-electron chi connectivity index (χ1n) is 7.93. The number of piperazine rings is 1. The second-order valence-corrected chi connectivity index (χ2v) is 5.58. The van der Waals surface area contributed by atoms with E-state index in [4.69, 9.17) is 0 Å². The molecule has 1 fully saturated rings. The summed E-state index contributed by atoms with van der Waals surface area (Å²) in [4.78, 5) is 10.4. The van der Waals surface area contributed by atoms with Gasteiger partial charge >= 0.3 is 6.61 Å². The molecule has 9 heteroatoms. The summed E-state index contributed by atoms with van der Waals surface area (Å²) in [5.41, 5.74) is 1.59. The lowest BCUT2D eigenvalue weighted by atomic mass is 10.2. The van der Waals surface area contributed by atoms with Crippen molar-refractivity contribution in [3.63, 3.8) is 0 Å². The molecular weight excluding hydrogens is 330 g/mol. The van der Waals surface area contributed by atoms with Gasteiger partial charge in [0.15, 0.2) is 5.65 Å². The molecule has 1 aliphatic rings. The smallest absolute Gasteiger partial charge is 0.388 e.